The third-order valence-electron chi connectivity index (χ3n) is 4.43. The van der Waals surface area contributed by atoms with Gasteiger partial charge in [-0.05, 0) is 44.9 Å². The van der Waals surface area contributed by atoms with Crippen molar-refractivity contribution in [3.63, 3.8) is 0 Å². The van der Waals surface area contributed by atoms with Gasteiger partial charge in [-0.3, -0.25) is 14.5 Å². The van der Waals surface area contributed by atoms with Gasteiger partial charge in [0.25, 0.3) is 11.8 Å². The summed E-state index contributed by atoms with van der Waals surface area (Å²) in [6, 6.07) is 1.85. The van der Waals surface area contributed by atoms with Gasteiger partial charge in [-0.2, -0.15) is 0 Å². The molecule has 21 heavy (non-hydrogen) atoms. The molecular weight excluding hydrogens is 278 g/mol. The van der Waals surface area contributed by atoms with Gasteiger partial charge < -0.3 is 5.32 Å². The van der Waals surface area contributed by atoms with Crippen molar-refractivity contribution < 1.29 is 18.4 Å². The topological polar surface area (TPSA) is 49.4 Å². The number of nitrogens with one attached hydrogen (secondary N) is 1. The maximum Gasteiger partial charge on any atom is 0.261 e. The van der Waals surface area contributed by atoms with Gasteiger partial charge in [-0.1, -0.05) is 0 Å². The average Bonchev–Trinajstić information content (AvgIpc) is 2.72. The highest BCUT2D eigenvalue weighted by atomic mass is 19.2. The number of hydrogen-bond acceptors (Lipinski definition) is 3. The molecule has 1 aliphatic carbocycles. The molecule has 1 fully saturated rings. The molecule has 112 valence electrons. The van der Waals surface area contributed by atoms with Gasteiger partial charge in [0, 0.05) is 12.1 Å². The lowest BCUT2D eigenvalue weighted by Gasteiger charge is -2.33. The summed E-state index contributed by atoms with van der Waals surface area (Å²) in [7, 11) is 1.89. The highest BCUT2D eigenvalue weighted by Gasteiger charge is 2.41. The second-order valence-electron chi connectivity index (χ2n) is 5.59. The summed E-state index contributed by atoms with van der Waals surface area (Å²) in [5.74, 6) is -3.23. The maximum absolute atomic E-state index is 13.3. The quantitative estimate of drug-likeness (QED) is 0.850. The molecule has 4 nitrogen and oxygen atoms in total. The van der Waals surface area contributed by atoms with E-state index in [4.69, 9.17) is 0 Å². The van der Waals surface area contributed by atoms with Crippen LogP contribution in [0.5, 0.6) is 0 Å². The minimum Gasteiger partial charge on any atom is -0.317 e. The largest absolute Gasteiger partial charge is 0.317 e. The molecule has 2 aliphatic rings. The molecule has 1 heterocycles. The zero-order valence-electron chi connectivity index (χ0n) is 11.7. The Morgan fingerprint density at radius 2 is 1.48 bits per heavy atom. The van der Waals surface area contributed by atoms with Gasteiger partial charge in [-0.15, -0.1) is 0 Å². The van der Waals surface area contributed by atoms with Crippen LogP contribution in [-0.2, 0) is 0 Å². The van der Waals surface area contributed by atoms with Crippen molar-refractivity contribution in [2.75, 3.05) is 7.05 Å². The standard InChI is InChI=1S/C15H16F2N2O2/c1-18-8-2-4-9(5-3-8)19-14(20)10-6-12(16)13(17)7-11(10)15(19)21/h6-9,18H,2-5H2,1H3. The molecule has 0 aromatic heterocycles. The second-order valence-corrected chi connectivity index (χ2v) is 5.59. The fraction of sp³-hybridized carbons (Fsp3) is 0.467. The molecule has 3 rings (SSSR count). The number of benzene rings is 1. The Morgan fingerprint density at radius 1 is 1.00 bits per heavy atom. The van der Waals surface area contributed by atoms with Crippen molar-refractivity contribution in [1.29, 1.82) is 0 Å². The second kappa shape index (κ2) is 5.18. The van der Waals surface area contributed by atoms with E-state index in [1.807, 2.05) is 7.05 Å². The van der Waals surface area contributed by atoms with Crippen molar-refractivity contribution in [1.82, 2.24) is 10.2 Å². The van der Waals surface area contributed by atoms with Crippen molar-refractivity contribution in [3.8, 4) is 0 Å². The zero-order valence-corrected chi connectivity index (χ0v) is 11.7. The Morgan fingerprint density at radius 3 is 1.90 bits per heavy atom. The van der Waals surface area contributed by atoms with Crippen LogP contribution in [0.15, 0.2) is 12.1 Å². The molecule has 6 heteroatoms. The molecule has 0 spiro atoms. The molecule has 0 unspecified atom stereocenters. The summed E-state index contributed by atoms with van der Waals surface area (Å²) in [6.07, 6.45) is 3.17. The molecule has 0 saturated heterocycles. The first-order valence-electron chi connectivity index (χ1n) is 7.07. The van der Waals surface area contributed by atoms with Crippen LogP contribution in [0, 0.1) is 11.6 Å². The lowest BCUT2D eigenvalue weighted by molar-refractivity contribution is 0.0539. The number of halogens is 2. The Kier molecular flexibility index (Phi) is 3.49. The lowest BCUT2D eigenvalue weighted by atomic mass is 9.90. The van der Waals surface area contributed by atoms with Gasteiger partial charge in [0.2, 0.25) is 0 Å². The maximum atomic E-state index is 13.3. The highest BCUT2D eigenvalue weighted by Crippen LogP contribution is 2.32. The van der Waals surface area contributed by atoms with Crippen LogP contribution in [0.2, 0.25) is 0 Å². The minimum absolute atomic E-state index is 0.0327. The molecule has 1 saturated carbocycles. The molecule has 0 bridgehead atoms. The van der Waals surface area contributed by atoms with Crippen LogP contribution in [0.4, 0.5) is 8.78 Å². The summed E-state index contributed by atoms with van der Waals surface area (Å²) >= 11 is 0. The Balaban J connectivity index is 1.87. The van der Waals surface area contributed by atoms with E-state index in [9.17, 15) is 18.4 Å². The Bertz CT molecular complexity index is 569. The van der Waals surface area contributed by atoms with Gasteiger partial charge in [0.05, 0.1) is 11.1 Å². The molecular formula is C15H16F2N2O2. The van der Waals surface area contributed by atoms with E-state index in [0.717, 1.165) is 25.0 Å². The van der Waals surface area contributed by atoms with E-state index < -0.39 is 23.4 Å². The zero-order chi connectivity index (χ0) is 15.1. The molecule has 1 aromatic rings. The summed E-state index contributed by atoms with van der Waals surface area (Å²) < 4.78 is 26.6. The van der Waals surface area contributed by atoms with E-state index >= 15 is 0 Å². The van der Waals surface area contributed by atoms with Crippen molar-refractivity contribution in [3.05, 3.63) is 34.9 Å². The fourth-order valence-electron chi connectivity index (χ4n) is 3.21. The summed E-state index contributed by atoms with van der Waals surface area (Å²) in [5, 5.41) is 3.18. The van der Waals surface area contributed by atoms with E-state index in [1.165, 1.54) is 4.90 Å². The Hall–Kier alpha value is -1.82. The summed E-state index contributed by atoms with van der Waals surface area (Å²) in [4.78, 5) is 25.8. The molecule has 1 N–H and O–H groups in total. The average molecular weight is 294 g/mol. The molecule has 1 aliphatic heterocycles. The molecule has 1 aromatic carbocycles. The van der Waals surface area contributed by atoms with Crippen LogP contribution in [0.25, 0.3) is 0 Å². The number of imide groups is 1. The number of nitrogens with zero attached hydrogens (tertiary/aromatic N) is 1. The van der Waals surface area contributed by atoms with E-state index in [1.54, 1.807) is 0 Å². The lowest BCUT2D eigenvalue weighted by Crippen LogP contribution is -2.44. The molecule has 0 radical (unpaired) electrons. The predicted octanol–water partition coefficient (Wildman–Crippen LogP) is 2.09. The molecule has 0 atom stereocenters. The SMILES string of the molecule is CNC1CCC(N2C(=O)c3cc(F)c(F)cc3C2=O)CC1. The van der Waals surface area contributed by atoms with Crippen molar-refractivity contribution >= 4 is 11.8 Å². The van der Waals surface area contributed by atoms with Crippen LogP contribution in [0.3, 0.4) is 0 Å². The van der Waals surface area contributed by atoms with Gasteiger partial charge in [0.15, 0.2) is 11.6 Å². The smallest absolute Gasteiger partial charge is 0.261 e. The van der Waals surface area contributed by atoms with Crippen LogP contribution in [-0.4, -0.2) is 35.8 Å². The first kappa shape index (κ1) is 14.1. The fourth-order valence-corrected chi connectivity index (χ4v) is 3.21. The van der Waals surface area contributed by atoms with Crippen molar-refractivity contribution in [2.45, 2.75) is 37.8 Å². The predicted molar refractivity (Wildman–Crippen MR) is 72.0 cm³/mol. The minimum atomic E-state index is -1.10. The summed E-state index contributed by atoms with van der Waals surface area (Å²) in [6.45, 7) is 0. The first-order chi connectivity index (χ1) is 10.0. The van der Waals surface area contributed by atoms with Gasteiger partial charge in [-0.25, -0.2) is 8.78 Å². The monoisotopic (exact) mass is 294 g/mol. The van der Waals surface area contributed by atoms with Crippen LogP contribution in [0.1, 0.15) is 46.4 Å². The number of rotatable bonds is 2. The number of carbonyl (C=O) groups excluding carboxylic acids is 2. The third-order valence-corrected chi connectivity index (χ3v) is 4.43. The normalized spacial score (nSPS) is 25.4. The first-order valence-corrected chi connectivity index (χ1v) is 7.07. The van der Waals surface area contributed by atoms with Gasteiger partial charge in [0.1, 0.15) is 0 Å². The molecule has 2 amide bonds. The van der Waals surface area contributed by atoms with E-state index in [2.05, 4.69) is 5.32 Å². The van der Waals surface area contributed by atoms with Crippen LogP contribution >= 0.6 is 0 Å². The van der Waals surface area contributed by atoms with E-state index in [0.29, 0.717) is 18.9 Å². The Labute approximate surface area is 121 Å². The summed E-state index contributed by atoms with van der Waals surface area (Å²) in [5.41, 5.74) is -0.0655. The number of hydrogen-bond donors (Lipinski definition) is 1. The number of carbonyl (C=O) groups is 2. The van der Waals surface area contributed by atoms with Gasteiger partial charge >= 0.3 is 0 Å². The van der Waals surface area contributed by atoms with Crippen molar-refractivity contribution in [2.24, 2.45) is 0 Å². The highest BCUT2D eigenvalue weighted by molar-refractivity contribution is 6.21. The number of amides is 2. The number of fused-ring (bicyclic) bond motifs is 1. The third kappa shape index (κ3) is 2.23. The van der Waals surface area contributed by atoms with E-state index in [-0.39, 0.29) is 17.2 Å². The van der Waals surface area contributed by atoms with Crippen LogP contribution < -0.4 is 5.32 Å².